The third-order valence-electron chi connectivity index (χ3n) is 5.72. The summed E-state index contributed by atoms with van der Waals surface area (Å²) in [7, 11) is 0. The molecule has 0 radical (unpaired) electrons. The van der Waals surface area contributed by atoms with E-state index in [9.17, 15) is 9.59 Å². The van der Waals surface area contributed by atoms with Gasteiger partial charge in [-0.15, -0.1) is 0 Å². The van der Waals surface area contributed by atoms with Gasteiger partial charge in [0, 0.05) is 12.5 Å². The van der Waals surface area contributed by atoms with E-state index in [1.807, 2.05) is 30.3 Å². The Kier molecular flexibility index (Phi) is 14.5. The third-order valence-corrected chi connectivity index (χ3v) is 5.72. The number of hydrazone groups is 1. The molecule has 0 aliphatic heterocycles. The van der Waals surface area contributed by atoms with Gasteiger partial charge in [0.15, 0.2) is 0 Å². The molecule has 0 atom stereocenters. The van der Waals surface area contributed by atoms with Gasteiger partial charge in [-0.05, 0) is 47.9 Å². The first kappa shape index (κ1) is 28.0. The fourth-order valence-electron chi connectivity index (χ4n) is 3.69. The van der Waals surface area contributed by atoms with Gasteiger partial charge in [0.2, 0.25) is 5.91 Å². The van der Waals surface area contributed by atoms with Crippen molar-refractivity contribution in [3.8, 4) is 5.75 Å². The summed E-state index contributed by atoms with van der Waals surface area (Å²) >= 11 is 0. The van der Waals surface area contributed by atoms with Crippen molar-refractivity contribution in [1.82, 2.24) is 5.43 Å². The van der Waals surface area contributed by atoms with Crippen LogP contribution in [0.2, 0.25) is 0 Å². The number of nitrogens with one attached hydrogen (secondary N) is 1. The minimum absolute atomic E-state index is 0.0621. The Bertz CT molecular complexity index is 905. The zero-order valence-electron chi connectivity index (χ0n) is 21.1. The maximum Gasteiger partial charge on any atom is 0.336 e. The highest BCUT2D eigenvalue weighted by Crippen LogP contribution is 2.13. The molecule has 0 unspecified atom stereocenters. The van der Waals surface area contributed by atoms with Gasteiger partial charge in [0.05, 0.1) is 6.21 Å². The minimum Gasteiger partial charge on any atom is -0.423 e. The number of carbonyl (C=O) groups is 2. The Morgan fingerprint density at radius 1 is 0.771 bits per heavy atom. The van der Waals surface area contributed by atoms with Crippen LogP contribution in [0.15, 0.2) is 65.8 Å². The maximum absolute atomic E-state index is 12.0. The zero-order chi connectivity index (χ0) is 25.0. The SMILES string of the molecule is CCCCCCCCCCCCCC(=O)N/N=C\c1ccc(OC(=O)/C=C/c2ccccc2)cc1. The van der Waals surface area contributed by atoms with Crippen LogP contribution in [0.4, 0.5) is 0 Å². The van der Waals surface area contributed by atoms with Crippen molar-refractivity contribution >= 4 is 24.2 Å². The van der Waals surface area contributed by atoms with E-state index in [0.29, 0.717) is 12.2 Å². The van der Waals surface area contributed by atoms with Crippen LogP contribution >= 0.6 is 0 Å². The van der Waals surface area contributed by atoms with E-state index >= 15 is 0 Å². The van der Waals surface area contributed by atoms with Crippen LogP contribution in [0.1, 0.15) is 95.1 Å². The summed E-state index contributed by atoms with van der Waals surface area (Å²) in [4.78, 5) is 23.9. The van der Waals surface area contributed by atoms with E-state index in [2.05, 4.69) is 17.5 Å². The molecule has 2 rings (SSSR count). The predicted molar refractivity (Wildman–Crippen MR) is 144 cm³/mol. The van der Waals surface area contributed by atoms with Crippen LogP contribution in [-0.2, 0) is 9.59 Å². The topological polar surface area (TPSA) is 67.8 Å². The number of carbonyl (C=O) groups excluding carboxylic acids is 2. The maximum atomic E-state index is 12.0. The molecule has 1 N–H and O–H groups in total. The van der Waals surface area contributed by atoms with Crippen molar-refractivity contribution in [1.29, 1.82) is 0 Å². The van der Waals surface area contributed by atoms with Crippen LogP contribution in [0.5, 0.6) is 5.75 Å². The average Bonchev–Trinajstić information content (AvgIpc) is 2.88. The van der Waals surface area contributed by atoms with Crippen molar-refractivity contribution in [2.45, 2.75) is 84.0 Å². The number of nitrogens with zero attached hydrogens (tertiary/aromatic N) is 1. The number of ether oxygens (including phenoxy) is 1. The lowest BCUT2D eigenvalue weighted by molar-refractivity contribution is -0.129. The van der Waals surface area contributed by atoms with Gasteiger partial charge in [-0.25, -0.2) is 10.2 Å². The number of benzene rings is 2. The van der Waals surface area contributed by atoms with Crippen LogP contribution in [0, 0.1) is 0 Å². The second kappa shape index (κ2) is 18.2. The molecule has 0 spiro atoms. The van der Waals surface area contributed by atoms with Gasteiger partial charge in [0.25, 0.3) is 0 Å². The van der Waals surface area contributed by atoms with Crippen molar-refractivity contribution in [3.05, 3.63) is 71.8 Å². The molecule has 0 aliphatic rings. The molecule has 188 valence electrons. The lowest BCUT2D eigenvalue weighted by Gasteiger charge is -2.03. The highest BCUT2D eigenvalue weighted by atomic mass is 16.5. The monoisotopic (exact) mass is 476 g/mol. The van der Waals surface area contributed by atoms with Gasteiger partial charge in [-0.3, -0.25) is 4.79 Å². The summed E-state index contributed by atoms with van der Waals surface area (Å²) < 4.78 is 5.30. The molecular formula is C30H40N2O3. The van der Waals surface area contributed by atoms with Crippen LogP contribution in [-0.4, -0.2) is 18.1 Å². The summed E-state index contributed by atoms with van der Waals surface area (Å²) in [6.45, 7) is 2.25. The van der Waals surface area contributed by atoms with Crippen molar-refractivity contribution < 1.29 is 14.3 Å². The number of hydrogen-bond donors (Lipinski definition) is 1. The van der Waals surface area contributed by atoms with Gasteiger partial charge in [-0.2, -0.15) is 5.10 Å². The highest BCUT2D eigenvalue weighted by molar-refractivity contribution is 5.89. The van der Waals surface area contributed by atoms with Crippen LogP contribution < -0.4 is 10.2 Å². The molecule has 0 fully saturated rings. The van der Waals surface area contributed by atoms with Crippen LogP contribution in [0.25, 0.3) is 6.08 Å². The molecule has 2 aromatic rings. The second-order valence-corrected chi connectivity index (χ2v) is 8.81. The summed E-state index contributed by atoms with van der Waals surface area (Å²) in [5, 5.41) is 4.02. The summed E-state index contributed by atoms with van der Waals surface area (Å²) in [6, 6.07) is 16.5. The van der Waals surface area contributed by atoms with Crippen LogP contribution in [0.3, 0.4) is 0 Å². The van der Waals surface area contributed by atoms with Gasteiger partial charge in [-0.1, -0.05) is 101 Å². The first-order chi connectivity index (χ1) is 17.2. The molecule has 0 bridgehead atoms. The molecule has 0 heterocycles. The predicted octanol–water partition coefficient (Wildman–Crippen LogP) is 7.46. The molecule has 1 amide bonds. The quantitative estimate of drug-likeness (QED) is 0.0643. The van der Waals surface area contributed by atoms with Crippen molar-refractivity contribution in [2.75, 3.05) is 0 Å². The lowest BCUT2D eigenvalue weighted by Crippen LogP contribution is -2.16. The molecule has 2 aromatic carbocycles. The summed E-state index contributed by atoms with van der Waals surface area (Å²) in [5.41, 5.74) is 4.32. The summed E-state index contributed by atoms with van der Waals surface area (Å²) in [6.07, 6.45) is 19.1. The molecule has 0 saturated heterocycles. The Morgan fingerprint density at radius 2 is 1.37 bits per heavy atom. The number of esters is 1. The first-order valence-electron chi connectivity index (χ1n) is 13.0. The number of rotatable bonds is 17. The fourth-order valence-corrected chi connectivity index (χ4v) is 3.69. The standard InChI is InChI=1S/C30H40N2O3/c1-2-3-4-5-6-7-8-9-10-11-15-18-29(33)32-31-25-27-19-22-28(23-20-27)35-30(34)24-21-26-16-13-12-14-17-26/h12-14,16-17,19-25H,2-11,15,18H2,1H3,(H,32,33)/b24-21+,31-25-. The Morgan fingerprint density at radius 3 is 2.00 bits per heavy atom. The fraction of sp³-hybridized carbons (Fsp3) is 0.433. The molecule has 0 saturated carbocycles. The highest BCUT2D eigenvalue weighted by Gasteiger charge is 2.02. The Balaban J connectivity index is 1.54. The largest absolute Gasteiger partial charge is 0.423 e. The molecule has 0 aliphatic carbocycles. The van der Waals surface area contributed by atoms with E-state index in [1.54, 1.807) is 36.6 Å². The number of amides is 1. The molecular weight excluding hydrogens is 436 g/mol. The number of hydrogen-bond acceptors (Lipinski definition) is 4. The Hall–Kier alpha value is -3.21. The minimum atomic E-state index is -0.440. The Labute approximate surface area is 210 Å². The zero-order valence-corrected chi connectivity index (χ0v) is 21.1. The van der Waals surface area contributed by atoms with Crippen molar-refractivity contribution in [3.63, 3.8) is 0 Å². The molecule has 0 aromatic heterocycles. The lowest BCUT2D eigenvalue weighted by atomic mass is 10.1. The van der Waals surface area contributed by atoms with E-state index in [0.717, 1.165) is 24.0 Å². The van der Waals surface area contributed by atoms with E-state index < -0.39 is 5.97 Å². The second-order valence-electron chi connectivity index (χ2n) is 8.81. The van der Waals surface area contributed by atoms with Gasteiger partial charge < -0.3 is 4.74 Å². The van der Waals surface area contributed by atoms with Gasteiger partial charge >= 0.3 is 5.97 Å². The van der Waals surface area contributed by atoms with Gasteiger partial charge in [0.1, 0.15) is 5.75 Å². The van der Waals surface area contributed by atoms with E-state index in [-0.39, 0.29) is 5.91 Å². The van der Waals surface area contributed by atoms with Crippen molar-refractivity contribution in [2.24, 2.45) is 5.10 Å². The molecule has 5 nitrogen and oxygen atoms in total. The van der Waals surface area contributed by atoms with E-state index in [4.69, 9.17) is 4.74 Å². The average molecular weight is 477 g/mol. The summed E-state index contributed by atoms with van der Waals surface area (Å²) in [5.74, 6) is -0.0525. The number of unbranched alkanes of at least 4 members (excludes halogenated alkanes) is 10. The smallest absolute Gasteiger partial charge is 0.336 e. The van der Waals surface area contributed by atoms with E-state index in [1.165, 1.54) is 63.9 Å². The molecule has 5 heteroatoms. The normalized spacial score (nSPS) is 11.2. The molecule has 35 heavy (non-hydrogen) atoms. The first-order valence-corrected chi connectivity index (χ1v) is 13.0. The third kappa shape index (κ3) is 13.9.